The molecule has 0 saturated heterocycles. The van der Waals surface area contributed by atoms with Gasteiger partial charge < -0.3 is 15.2 Å². The first kappa shape index (κ1) is 15.9. The van der Waals surface area contributed by atoms with E-state index in [4.69, 9.17) is 27.9 Å². The van der Waals surface area contributed by atoms with Crippen molar-refractivity contribution in [3.05, 3.63) is 27.7 Å². The number of halogens is 2. The summed E-state index contributed by atoms with van der Waals surface area (Å²) in [6.07, 6.45) is 1.57. The molecule has 1 aromatic carbocycles. The van der Waals surface area contributed by atoms with Crippen molar-refractivity contribution in [3.63, 3.8) is 0 Å². The van der Waals surface area contributed by atoms with Crippen molar-refractivity contribution < 1.29 is 19.4 Å². The van der Waals surface area contributed by atoms with Crippen molar-refractivity contribution in [1.82, 2.24) is 5.32 Å². The Hall–Kier alpha value is -1.46. The zero-order valence-corrected chi connectivity index (χ0v) is 13.1. The number of nitrogens with one attached hydrogen (secondary N) is 1. The quantitative estimate of drug-likeness (QED) is 0.869. The highest BCUT2D eigenvalue weighted by Gasteiger charge is 2.48. The summed E-state index contributed by atoms with van der Waals surface area (Å²) in [6.45, 7) is 1.51. The predicted molar refractivity (Wildman–Crippen MR) is 79.2 cm³/mol. The lowest BCUT2D eigenvalue weighted by molar-refractivity contribution is -0.144. The van der Waals surface area contributed by atoms with Crippen molar-refractivity contribution in [2.24, 2.45) is 5.92 Å². The van der Waals surface area contributed by atoms with Crippen molar-refractivity contribution in [1.29, 1.82) is 0 Å². The van der Waals surface area contributed by atoms with Crippen LogP contribution in [0.2, 0.25) is 10.0 Å². The van der Waals surface area contributed by atoms with E-state index in [0.717, 1.165) is 12.8 Å². The largest absolute Gasteiger partial charge is 0.494 e. The average Bonchev–Trinajstić information content (AvgIpc) is 3.22. The molecule has 1 atom stereocenters. The third-order valence-corrected chi connectivity index (χ3v) is 4.24. The first-order chi connectivity index (χ1) is 9.79. The highest BCUT2D eigenvalue weighted by atomic mass is 35.5. The van der Waals surface area contributed by atoms with Crippen LogP contribution in [0.1, 0.15) is 30.1 Å². The number of carboxylic acids is 1. The molecule has 0 radical (unpaired) electrons. The summed E-state index contributed by atoms with van der Waals surface area (Å²) in [5.41, 5.74) is -1.09. The Kier molecular flexibility index (Phi) is 4.35. The number of carboxylic acid groups (broad SMARTS) is 1. The van der Waals surface area contributed by atoms with Gasteiger partial charge in [-0.25, -0.2) is 4.79 Å². The zero-order chi connectivity index (χ0) is 15.8. The van der Waals surface area contributed by atoms with Gasteiger partial charge in [0, 0.05) is 5.56 Å². The van der Waals surface area contributed by atoms with E-state index in [9.17, 15) is 14.7 Å². The molecule has 2 N–H and O–H groups in total. The zero-order valence-electron chi connectivity index (χ0n) is 11.6. The number of methoxy groups -OCH3 is 1. The monoisotopic (exact) mass is 331 g/mol. The second-order valence-electron chi connectivity index (χ2n) is 5.21. The van der Waals surface area contributed by atoms with Gasteiger partial charge in [-0.1, -0.05) is 23.2 Å². The molecule has 1 amide bonds. The van der Waals surface area contributed by atoms with E-state index in [-0.39, 0.29) is 27.3 Å². The van der Waals surface area contributed by atoms with Gasteiger partial charge in [0.05, 0.1) is 17.2 Å². The molecule has 0 aromatic heterocycles. The van der Waals surface area contributed by atoms with Crippen molar-refractivity contribution in [2.75, 3.05) is 7.11 Å². The number of amides is 1. The normalized spacial score (nSPS) is 17.0. The number of ether oxygens (including phenoxy) is 1. The molecule has 21 heavy (non-hydrogen) atoms. The van der Waals surface area contributed by atoms with Crippen LogP contribution in [0.15, 0.2) is 12.1 Å². The summed E-state index contributed by atoms with van der Waals surface area (Å²) in [5.74, 6) is -1.36. The second kappa shape index (κ2) is 5.73. The molecule has 1 aliphatic rings. The maximum atomic E-state index is 12.3. The van der Waals surface area contributed by atoms with Gasteiger partial charge in [0.2, 0.25) is 0 Å². The molecule has 5 nitrogen and oxygen atoms in total. The number of hydrogen-bond acceptors (Lipinski definition) is 3. The molecule has 1 unspecified atom stereocenters. The topological polar surface area (TPSA) is 75.6 Å². The number of carbonyl (C=O) groups excluding carboxylic acids is 1. The molecular weight excluding hydrogens is 317 g/mol. The van der Waals surface area contributed by atoms with Crippen LogP contribution in [0, 0.1) is 5.92 Å². The minimum Gasteiger partial charge on any atom is -0.494 e. The summed E-state index contributed by atoms with van der Waals surface area (Å²) in [7, 11) is 1.42. The molecule has 1 saturated carbocycles. The fourth-order valence-electron chi connectivity index (χ4n) is 2.18. The van der Waals surface area contributed by atoms with E-state index in [0.29, 0.717) is 0 Å². The Morgan fingerprint density at radius 3 is 2.24 bits per heavy atom. The molecule has 2 rings (SSSR count). The van der Waals surface area contributed by atoms with E-state index in [1.165, 1.54) is 26.2 Å². The molecule has 0 spiro atoms. The Bertz CT molecular complexity index is 578. The Labute approximate surface area is 132 Å². The smallest absolute Gasteiger partial charge is 0.329 e. The third-order valence-electron chi connectivity index (χ3n) is 3.68. The molecule has 7 heteroatoms. The van der Waals surface area contributed by atoms with Gasteiger partial charge in [-0.15, -0.1) is 0 Å². The van der Waals surface area contributed by atoms with Gasteiger partial charge in [0.1, 0.15) is 5.54 Å². The van der Waals surface area contributed by atoms with Gasteiger partial charge in [-0.2, -0.15) is 0 Å². The highest BCUT2D eigenvalue weighted by Crippen LogP contribution is 2.40. The standard InChI is InChI=1S/C14H15Cl2NO4/c1-14(13(19)20,8-3-4-8)17-12(18)7-5-9(15)11(21-2)10(16)6-7/h5-6,8H,3-4H2,1-2H3,(H,17,18)(H,19,20). The lowest BCUT2D eigenvalue weighted by atomic mass is 9.95. The van der Waals surface area contributed by atoms with Gasteiger partial charge in [-0.05, 0) is 37.8 Å². The first-order valence-corrected chi connectivity index (χ1v) is 7.14. The number of benzene rings is 1. The molecule has 1 aromatic rings. The van der Waals surface area contributed by atoms with Crippen LogP contribution in [0.25, 0.3) is 0 Å². The first-order valence-electron chi connectivity index (χ1n) is 6.38. The van der Waals surface area contributed by atoms with E-state index in [1.807, 2.05) is 0 Å². The van der Waals surface area contributed by atoms with Crippen LogP contribution >= 0.6 is 23.2 Å². The lowest BCUT2D eigenvalue weighted by Crippen LogP contribution is -2.54. The maximum absolute atomic E-state index is 12.3. The summed E-state index contributed by atoms with van der Waals surface area (Å²) >= 11 is 12.0. The van der Waals surface area contributed by atoms with Gasteiger partial charge in [0.15, 0.2) is 5.75 Å². The highest BCUT2D eigenvalue weighted by molar-refractivity contribution is 6.37. The van der Waals surface area contributed by atoms with Crippen molar-refractivity contribution in [3.8, 4) is 5.75 Å². The van der Waals surface area contributed by atoms with Crippen molar-refractivity contribution in [2.45, 2.75) is 25.3 Å². The average molecular weight is 332 g/mol. The van der Waals surface area contributed by atoms with E-state index < -0.39 is 17.4 Å². The van der Waals surface area contributed by atoms with Gasteiger partial charge in [0.25, 0.3) is 5.91 Å². The fourth-order valence-corrected chi connectivity index (χ4v) is 2.83. The number of hydrogen-bond donors (Lipinski definition) is 2. The molecule has 114 valence electrons. The molecular formula is C14H15Cl2NO4. The Morgan fingerprint density at radius 1 is 1.33 bits per heavy atom. The van der Waals surface area contributed by atoms with E-state index in [2.05, 4.69) is 5.32 Å². The number of aliphatic carboxylic acids is 1. The summed E-state index contributed by atoms with van der Waals surface area (Å²) in [4.78, 5) is 23.7. The second-order valence-corrected chi connectivity index (χ2v) is 6.02. The number of rotatable bonds is 5. The maximum Gasteiger partial charge on any atom is 0.329 e. The predicted octanol–water partition coefficient (Wildman–Crippen LogP) is 2.99. The SMILES string of the molecule is COc1c(Cl)cc(C(=O)NC(C)(C(=O)O)C2CC2)cc1Cl. The molecule has 1 fully saturated rings. The minimum absolute atomic E-state index is 0.0526. The van der Waals surface area contributed by atoms with E-state index in [1.54, 1.807) is 0 Å². The van der Waals surface area contributed by atoms with Crippen molar-refractivity contribution >= 4 is 35.1 Å². The Morgan fingerprint density at radius 2 is 1.86 bits per heavy atom. The molecule has 1 aliphatic carbocycles. The van der Waals surface area contributed by atoms with Gasteiger partial charge in [-0.3, -0.25) is 4.79 Å². The third kappa shape index (κ3) is 3.09. The fraction of sp³-hybridized carbons (Fsp3) is 0.429. The summed E-state index contributed by atoms with van der Waals surface area (Å²) in [5, 5.41) is 12.3. The Balaban J connectivity index is 2.26. The number of carbonyl (C=O) groups is 2. The van der Waals surface area contributed by atoms with Crippen LogP contribution in [-0.4, -0.2) is 29.6 Å². The van der Waals surface area contributed by atoms with Crippen LogP contribution in [0.4, 0.5) is 0 Å². The summed E-state index contributed by atoms with van der Waals surface area (Å²) in [6, 6.07) is 2.80. The van der Waals surface area contributed by atoms with E-state index >= 15 is 0 Å². The lowest BCUT2D eigenvalue weighted by Gasteiger charge is -2.26. The van der Waals surface area contributed by atoms with Crippen LogP contribution in [-0.2, 0) is 4.79 Å². The minimum atomic E-state index is -1.28. The van der Waals surface area contributed by atoms with Crippen LogP contribution in [0.5, 0.6) is 5.75 Å². The van der Waals surface area contributed by atoms with Crippen LogP contribution < -0.4 is 10.1 Å². The molecule has 0 bridgehead atoms. The van der Waals surface area contributed by atoms with Crippen LogP contribution in [0.3, 0.4) is 0 Å². The molecule has 0 aliphatic heterocycles. The van der Waals surface area contributed by atoms with Gasteiger partial charge >= 0.3 is 5.97 Å². The summed E-state index contributed by atoms with van der Waals surface area (Å²) < 4.78 is 5.01. The molecule has 0 heterocycles.